The van der Waals surface area contributed by atoms with Crippen LogP contribution in [0.3, 0.4) is 0 Å². The van der Waals surface area contributed by atoms with Gasteiger partial charge in [-0.3, -0.25) is 18.7 Å². The second-order valence-corrected chi connectivity index (χ2v) is 10.4. The fourth-order valence-electron chi connectivity index (χ4n) is 3.51. The fourth-order valence-corrected chi connectivity index (χ4v) is 3.84. The van der Waals surface area contributed by atoms with E-state index in [1.54, 1.807) is 25.0 Å². The molecule has 9 heteroatoms. The number of rotatable bonds is 9. The lowest BCUT2D eigenvalue weighted by Gasteiger charge is -2.29. The van der Waals surface area contributed by atoms with Gasteiger partial charge in [0.1, 0.15) is 6.10 Å². The molecule has 0 bridgehead atoms. The zero-order valence-electron chi connectivity index (χ0n) is 18.1. The normalized spacial score (nSPS) is 14.2. The van der Waals surface area contributed by atoms with Crippen LogP contribution in [-0.2, 0) is 30.2 Å². The van der Waals surface area contributed by atoms with E-state index in [1.165, 1.54) is 16.1 Å². The van der Waals surface area contributed by atoms with Crippen LogP contribution in [0.25, 0.3) is 11.2 Å². The molecule has 1 unspecified atom stereocenters. The molecule has 162 valence electrons. The van der Waals surface area contributed by atoms with Gasteiger partial charge in [-0.15, -0.1) is 0 Å². The van der Waals surface area contributed by atoms with Crippen LogP contribution >= 0.6 is 15.9 Å². The summed E-state index contributed by atoms with van der Waals surface area (Å²) in [5.74, 6) is 0.0962. The molecule has 0 saturated heterocycles. The standard InChI is InChI=1S/C20H31BrN4O4/c1-13(9-10-15(20(3,4)21)29-14(2)26)8-7-11-25-18(27)16-17(22-12-23(16)5)24(6)19(25)28/h12-13,15H,7-11H2,1-6H3/t13-,15?/m1/s1. The van der Waals surface area contributed by atoms with Gasteiger partial charge in [-0.2, -0.15) is 0 Å². The van der Waals surface area contributed by atoms with E-state index in [0.29, 0.717) is 23.6 Å². The van der Waals surface area contributed by atoms with Crippen molar-refractivity contribution in [2.45, 2.75) is 70.4 Å². The Balaban J connectivity index is 1.99. The van der Waals surface area contributed by atoms with Crippen LogP contribution in [0.5, 0.6) is 0 Å². The largest absolute Gasteiger partial charge is 0.461 e. The molecular weight excluding hydrogens is 440 g/mol. The fraction of sp³-hybridized carbons (Fsp3) is 0.700. The molecule has 0 aliphatic carbocycles. The molecule has 8 nitrogen and oxygen atoms in total. The van der Waals surface area contributed by atoms with Crippen molar-refractivity contribution in [3.63, 3.8) is 0 Å². The highest BCUT2D eigenvalue weighted by atomic mass is 79.9. The Labute approximate surface area is 179 Å². The minimum atomic E-state index is -0.343. The smallest absolute Gasteiger partial charge is 0.332 e. The molecule has 2 aromatic heterocycles. The summed E-state index contributed by atoms with van der Waals surface area (Å²) in [7, 11) is 3.38. The number of hydrogen-bond donors (Lipinski definition) is 0. The van der Waals surface area contributed by atoms with Gasteiger partial charge in [0, 0.05) is 27.6 Å². The second kappa shape index (κ2) is 9.28. The number of carbonyl (C=O) groups excluding carboxylic acids is 1. The quantitative estimate of drug-likeness (QED) is 0.415. The molecule has 2 aromatic rings. The van der Waals surface area contributed by atoms with Gasteiger partial charge in [0.15, 0.2) is 11.2 Å². The van der Waals surface area contributed by atoms with Gasteiger partial charge in [0.25, 0.3) is 5.56 Å². The van der Waals surface area contributed by atoms with Crippen molar-refractivity contribution in [2.75, 3.05) is 0 Å². The predicted molar refractivity (Wildman–Crippen MR) is 116 cm³/mol. The maximum atomic E-state index is 12.7. The molecule has 2 rings (SSSR count). The van der Waals surface area contributed by atoms with Crippen LogP contribution in [0.15, 0.2) is 15.9 Å². The summed E-state index contributed by atoms with van der Waals surface area (Å²) in [5, 5.41) is 0. The topological polar surface area (TPSA) is 88.1 Å². The number of ether oxygens (including phenoxy) is 1. The maximum Gasteiger partial charge on any atom is 0.332 e. The van der Waals surface area contributed by atoms with Gasteiger partial charge in [-0.25, -0.2) is 9.78 Å². The summed E-state index contributed by atoms with van der Waals surface area (Å²) in [5.41, 5.74) is 0.196. The monoisotopic (exact) mass is 470 g/mol. The number of aromatic nitrogens is 4. The summed E-state index contributed by atoms with van der Waals surface area (Å²) in [6.07, 6.45) is 4.57. The highest BCUT2D eigenvalue weighted by molar-refractivity contribution is 9.10. The Bertz CT molecular complexity index is 983. The van der Waals surface area contributed by atoms with E-state index < -0.39 is 0 Å². The highest BCUT2D eigenvalue weighted by Gasteiger charge is 2.29. The highest BCUT2D eigenvalue weighted by Crippen LogP contribution is 2.29. The molecular formula is C20H31BrN4O4. The third-order valence-electron chi connectivity index (χ3n) is 5.28. The Hall–Kier alpha value is -1.90. The lowest BCUT2D eigenvalue weighted by atomic mass is 9.94. The first-order valence-electron chi connectivity index (χ1n) is 9.90. The van der Waals surface area contributed by atoms with Gasteiger partial charge in [-0.05, 0) is 45.4 Å². The molecule has 0 aromatic carbocycles. The predicted octanol–water partition coefficient (Wildman–Crippen LogP) is 2.74. The zero-order chi connectivity index (χ0) is 21.9. The van der Waals surface area contributed by atoms with Crippen LogP contribution in [0.1, 0.15) is 53.4 Å². The summed E-state index contributed by atoms with van der Waals surface area (Å²) in [6, 6.07) is 0. The second-order valence-electron chi connectivity index (χ2n) is 8.31. The van der Waals surface area contributed by atoms with Gasteiger partial charge >= 0.3 is 11.7 Å². The molecule has 0 radical (unpaired) electrons. The Morgan fingerprint density at radius 1 is 1.24 bits per heavy atom. The van der Waals surface area contributed by atoms with Crippen molar-refractivity contribution in [3.8, 4) is 0 Å². The van der Waals surface area contributed by atoms with Gasteiger partial charge in [0.05, 0.1) is 10.7 Å². The molecule has 0 amide bonds. The maximum absolute atomic E-state index is 12.7. The van der Waals surface area contributed by atoms with Gasteiger partial charge < -0.3 is 9.30 Å². The van der Waals surface area contributed by atoms with Crippen LogP contribution < -0.4 is 11.2 Å². The first-order valence-corrected chi connectivity index (χ1v) is 10.7. The number of hydrogen-bond acceptors (Lipinski definition) is 5. The lowest BCUT2D eigenvalue weighted by molar-refractivity contribution is -0.148. The van der Waals surface area contributed by atoms with Gasteiger partial charge in [0.2, 0.25) is 0 Å². The van der Waals surface area contributed by atoms with Crippen molar-refractivity contribution >= 4 is 33.1 Å². The van der Waals surface area contributed by atoms with E-state index in [0.717, 1.165) is 25.7 Å². The van der Waals surface area contributed by atoms with Crippen molar-refractivity contribution in [3.05, 3.63) is 27.2 Å². The molecule has 0 fully saturated rings. The molecule has 0 N–H and O–H groups in total. The summed E-state index contributed by atoms with van der Waals surface area (Å²) < 4.78 is 9.51. The van der Waals surface area contributed by atoms with Crippen LogP contribution in [0.2, 0.25) is 0 Å². The molecule has 0 spiro atoms. The van der Waals surface area contributed by atoms with Crippen LogP contribution in [0, 0.1) is 5.92 Å². The van der Waals surface area contributed by atoms with Crippen LogP contribution in [-0.4, -0.2) is 35.1 Å². The lowest BCUT2D eigenvalue weighted by Crippen LogP contribution is -2.39. The molecule has 0 saturated carbocycles. The average molecular weight is 471 g/mol. The van der Waals surface area contributed by atoms with Crippen molar-refractivity contribution in [2.24, 2.45) is 20.0 Å². The number of nitrogens with zero attached hydrogens (tertiary/aromatic N) is 4. The number of alkyl halides is 1. The molecule has 29 heavy (non-hydrogen) atoms. The number of esters is 1. The van der Waals surface area contributed by atoms with Crippen molar-refractivity contribution in [1.29, 1.82) is 0 Å². The van der Waals surface area contributed by atoms with E-state index in [2.05, 4.69) is 27.8 Å². The molecule has 0 aliphatic rings. The Kier molecular flexibility index (Phi) is 7.48. The van der Waals surface area contributed by atoms with E-state index >= 15 is 0 Å². The number of carbonyl (C=O) groups is 1. The van der Waals surface area contributed by atoms with E-state index in [9.17, 15) is 14.4 Å². The van der Waals surface area contributed by atoms with Gasteiger partial charge in [-0.1, -0.05) is 22.9 Å². The number of fused-ring (bicyclic) bond motifs is 1. The Morgan fingerprint density at radius 2 is 1.90 bits per heavy atom. The van der Waals surface area contributed by atoms with E-state index in [1.807, 2.05) is 13.8 Å². The van der Waals surface area contributed by atoms with Crippen LogP contribution in [0.4, 0.5) is 0 Å². The summed E-state index contributed by atoms with van der Waals surface area (Å²) >= 11 is 3.59. The number of halogens is 1. The minimum absolute atomic E-state index is 0.204. The third-order valence-corrected chi connectivity index (χ3v) is 5.79. The summed E-state index contributed by atoms with van der Waals surface area (Å²) in [4.78, 5) is 40.8. The molecule has 2 heterocycles. The first kappa shape index (κ1) is 23.4. The number of imidazole rings is 1. The van der Waals surface area contributed by atoms with Crippen molar-refractivity contribution < 1.29 is 9.53 Å². The van der Waals surface area contributed by atoms with Crippen molar-refractivity contribution in [1.82, 2.24) is 18.7 Å². The first-order chi connectivity index (χ1) is 13.4. The minimum Gasteiger partial charge on any atom is -0.461 e. The number of aryl methyl sites for hydroxylation is 2. The average Bonchev–Trinajstić information content (AvgIpc) is 3.00. The SMILES string of the molecule is CC(=O)OC(CC[C@H](C)CCCn1c(=O)c2c(ncn2C)n(C)c1=O)C(C)(C)Br. The van der Waals surface area contributed by atoms with E-state index in [4.69, 9.17) is 4.74 Å². The molecule has 0 aliphatic heterocycles. The third kappa shape index (κ3) is 5.58. The molecule has 2 atom stereocenters. The Morgan fingerprint density at radius 3 is 2.48 bits per heavy atom. The zero-order valence-corrected chi connectivity index (χ0v) is 19.7. The summed E-state index contributed by atoms with van der Waals surface area (Å²) in [6.45, 7) is 7.90. The van der Waals surface area contributed by atoms with E-state index in [-0.39, 0.29) is 27.6 Å².